The van der Waals surface area contributed by atoms with Crippen LogP contribution in [0.5, 0.6) is 0 Å². The molecular formula is C13H17ClOS. The number of carbonyl (C=O) groups excluding carboxylic acids is 1. The summed E-state index contributed by atoms with van der Waals surface area (Å²) >= 11 is 7.54. The number of Topliss-reactive ketones (excluding diaryl/α,β-unsaturated/α-hetero) is 1. The summed E-state index contributed by atoms with van der Waals surface area (Å²) in [5.74, 6) is 1.80. The lowest BCUT2D eigenvalue weighted by atomic mass is 10.1. The molecule has 0 radical (unpaired) electrons. The molecule has 0 fully saturated rings. The van der Waals surface area contributed by atoms with E-state index in [9.17, 15) is 4.79 Å². The minimum Gasteiger partial charge on any atom is -0.293 e. The summed E-state index contributed by atoms with van der Waals surface area (Å²) in [5.41, 5.74) is 0.718. The zero-order valence-corrected chi connectivity index (χ0v) is 11.1. The van der Waals surface area contributed by atoms with E-state index in [4.69, 9.17) is 11.6 Å². The van der Waals surface area contributed by atoms with Crippen LogP contribution < -0.4 is 0 Å². The number of benzene rings is 1. The molecule has 0 amide bonds. The SMILES string of the molecule is CCCCCSCC(=O)c1cccc(Cl)c1. The molecule has 0 saturated heterocycles. The maximum Gasteiger partial charge on any atom is 0.172 e. The normalized spacial score (nSPS) is 10.4. The first kappa shape index (κ1) is 13.6. The van der Waals surface area contributed by atoms with E-state index in [-0.39, 0.29) is 5.78 Å². The smallest absolute Gasteiger partial charge is 0.172 e. The van der Waals surface area contributed by atoms with Gasteiger partial charge in [0.05, 0.1) is 5.75 Å². The number of rotatable bonds is 7. The summed E-state index contributed by atoms with van der Waals surface area (Å²) in [4.78, 5) is 11.8. The second-order valence-electron chi connectivity index (χ2n) is 3.69. The first-order valence-electron chi connectivity index (χ1n) is 5.60. The minimum absolute atomic E-state index is 0.170. The van der Waals surface area contributed by atoms with Gasteiger partial charge in [-0.2, -0.15) is 11.8 Å². The van der Waals surface area contributed by atoms with E-state index in [1.165, 1.54) is 19.3 Å². The summed E-state index contributed by atoms with van der Waals surface area (Å²) in [6.45, 7) is 2.18. The van der Waals surface area contributed by atoms with Crippen molar-refractivity contribution in [3.05, 3.63) is 34.9 Å². The van der Waals surface area contributed by atoms with Crippen LogP contribution in [0, 0.1) is 0 Å². The first-order chi connectivity index (χ1) is 7.74. The Morgan fingerprint density at radius 3 is 2.88 bits per heavy atom. The van der Waals surface area contributed by atoms with Gasteiger partial charge in [-0.3, -0.25) is 4.79 Å². The van der Waals surface area contributed by atoms with Gasteiger partial charge in [0.2, 0.25) is 0 Å². The Bertz CT molecular complexity index is 338. The fourth-order valence-corrected chi connectivity index (χ4v) is 2.46. The minimum atomic E-state index is 0.170. The molecule has 88 valence electrons. The monoisotopic (exact) mass is 256 g/mol. The number of carbonyl (C=O) groups is 1. The third-order valence-electron chi connectivity index (χ3n) is 2.27. The zero-order valence-electron chi connectivity index (χ0n) is 9.54. The van der Waals surface area contributed by atoms with E-state index in [1.807, 2.05) is 12.1 Å². The van der Waals surface area contributed by atoms with E-state index in [2.05, 4.69) is 6.92 Å². The maximum absolute atomic E-state index is 11.8. The first-order valence-corrected chi connectivity index (χ1v) is 7.14. The molecule has 0 heterocycles. The summed E-state index contributed by atoms with van der Waals surface area (Å²) < 4.78 is 0. The van der Waals surface area contributed by atoms with Crippen molar-refractivity contribution >= 4 is 29.1 Å². The third kappa shape index (κ3) is 5.04. The molecule has 0 atom stereocenters. The second kappa shape index (κ2) is 7.75. The average molecular weight is 257 g/mol. The fraction of sp³-hybridized carbons (Fsp3) is 0.462. The van der Waals surface area contributed by atoms with E-state index >= 15 is 0 Å². The van der Waals surface area contributed by atoms with Crippen molar-refractivity contribution in [2.24, 2.45) is 0 Å². The molecule has 1 rings (SSSR count). The molecule has 1 aromatic carbocycles. The van der Waals surface area contributed by atoms with E-state index < -0.39 is 0 Å². The Morgan fingerprint density at radius 2 is 2.19 bits per heavy atom. The number of ketones is 1. The van der Waals surface area contributed by atoms with Crippen LogP contribution in [0.2, 0.25) is 5.02 Å². The molecule has 1 aromatic rings. The van der Waals surface area contributed by atoms with Crippen molar-refractivity contribution in [1.29, 1.82) is 0 Å². The quantitative estimate of drug-likeness (QED) is 0.530. The molecule has 0 N–H and O–H groups in total. The van der Waals surface area contributed by atoms with Crippen LogP contribution in [0.15, 0.2) is 24.3 Å². The molecule has 0 saturated carbocycles. The molecule has 0 aliphatic heterocycles. The van der Waals surface area contributed by atoms with Crippen LogP contribution in [0.1, 0.15) is 36.5 Å². The molecule has 0 aliphatic rings. The van der Waals surface area contributed by atoms with Gasteiger partial charge >= 0.3 is 0 Å². The van der Waals surface area contributed by atoms with Gasteiger partial charge in [-0.05, 0) is 24.3 Å². The largest absolute Gasteiger partial charge is 0.293 e. The zero-order chi connectivity index (χ0) is 11.8. The molecule has 0 aliphatic carbocycles. The van der Waals surface area contributed by atoms with Crippen molar-refractivity contribution in [2.45, 2.75) is 26.2 Å². The van der Waals surface area contributed by atoms with Crippen molar-refractivity contribution in [3.8, 4) is 0 Å². The van der Waals surface area contributed by atoms with Crippen LogP contribution in [0.4, 0.5) is 0 Å². The second-order valence-corrected chi connectivity index (χ2v) is 5.23. The highest BCUT2D eigenvalue weighted by Gasteiger charge is 2.05. The van der Waals surface area contributed by atoms with Gasteiger partial charge in [-0.15, -0.1) is 0 Å². The maximum atomic E-state index is 11.8. The van der Waals surface area contributed by atoms with Gasteiger partial charge in [0.15, 0.2) is 5.78 Å². The predicted octanol–water partition coefficient (Wildman–Crippen LogP) is 4.45. The molecule has 0 aromatic heterocycles. The van der Waals surface area contributed by atoms with Crippen molar-refractivity contribution in [3.63, 3.8) is 0 Å². The lowest BCUT2D eigenvalue weighted by Gasteiger charge is -2.01. The average Bonchev–Trinajstić information content (AvgIpc) is 2.28. The van der Waals surface area contributed by atoms with Gasteiger partial charge in [-0.25, -0.2) is 0 Å². The van der Waals surface area contributed by atoms with Crippen LogP contribution in [0.3, 0.4) is 0 Å². The Morgan fingerprint density at radius 1 is 1.38 bits per heavy atom. The highest BCUT2D eigenvalue weighted by atomic mass is 35.5. The van der Waals surface area contributed by atoms with Crippen LogP contribution in [0.25, 0.3) is 0 Å². The summed E-state index contributed by atoms with van der Waals surface area (Å²) in [5, 5.41) is 0.627. The summed E-state index contributed by atoms with van der Waals surface area (Å²) in [6, 6.07) is 7.15. The highest BCUT2D eigenvalue weighted by Crippen LogP contribution is 2.14. The summed E-state index contributed by atoms with van der Waals surface area (Å²) in [6.07, 6.45) is 3.67. The Labute approximate surface area is 107 Å². The summed E-state index contributed by atoms with van der Waals surface area (Å²) in [7, 11) is 0. The highest BCUT2D eigenvalue weighted by molar-refractivity contribution is 7.99. The Hall–Kier alpha value is -0.470. The van der Waals surface area contributed by atoms with Crippen LogP contribution >= 0.6 is 23.4 Å². The van der Waals surface area contributed by atoms with Crippen LogP contribution in [-0.4, -0.2) is 17.3 Å². The predicted molar refractivity (Wildman–Crippen MR) is 72.6 cm³/mol. The molecule has 16 heavy (non-hydrogen) atoms. The standard InChI is InChI=1S/C13H17ClOS/c1-2-3-4-8-16-10-13(15)11-6-5-7-12(14)9-11/h5-7,9H,2-4,8,10H2,1H3. The van der Waals surface area contributed by atoms with Crippen molar-refractivity contribution in [1.82, 2.24) is 0 Å². The molecule has 0 spiro atoms. The lowest BCUT2D eigenvalue weighted by Crippen LogP contribution is -2.02. The molecule has 3 heteroatoms. The number of halogens is 1. The number of hydrogen-bond donors (Lipinski definition) is 0. The van der Waals surface area contributed by atoms with E-state index in [0.29, 0.717) is 10.8 Å². The van der Waals surface area contributed by atoms with Gasteiger partial charge in [0.25, 0.3) is 0 Å². The topological polar surface area (TPSA) is 17.1 Å². The Kier molecular flexibility index (Phi) is 6.58. The van der Waals surface area contributed by atoms with Crippen molar-refractivity contribution in [2.75, 3.05) is 11.5 Å². The fourth-order valence-electron chi connectivity index (χ4n) is 1.36. The van der Waals surface area contributed by atoms with Gasteiger partial charge in [-0.1, -0.05) is 43.5 Å². The number of hydrogen-bond acceptors (Lipinski definition) is 2. The van der Waals surface area contributed by atoms with Crippen molar-refractivity contribution < 1.29 is 4.79 Å². The molecular weight excluding hydrogens is 240 g/mol. The molecule has 0 bridgehead atoms. The molecule has 0 unspecified atom stereocenters. The van der Waals surface area contributed by atoms with Gasteiger partial charge in [0.1, 0.15) is 0 Å². The van der Waals surface area contributed by atoms with E-state index in [0.717, 1.165) is 11.3 Å². The third-order valence-corrected chi connectivity index (χ3v) is 3.55. The lowest BCUT2D eigenvalue weighted by molar-refractivity contribution is 0.102. The van der Waals surface area contributed by atoms with Crippen LogP contribution in [-0.2, 0) is 0 Å². The van der Waals surface area contributed by atoms with E-state index in [1.54, 1.807) is 23.9 Å². The molecule has 1 nitrogen and oxygen atoms in total. The van der Waals surface area contributed by atoms with Gasteiger partial charge in [0, 0.05) is 10.6 Å². The van der Waals surface area contributed by atoms with Gasteiger partial charge < -0.3 is 0 Å². The number of unbranched alkanes of at least 4 members (excludes halogenated alkanes) is 2. The Balaban J connectivity index is 2.30. The number of thioether (sulfide) groups is 1.